The van der Waals surface area contributed by atoms with Gasteiger partial charge < -0.3 is 15.6 Å². The summed E-state index contributed by atoms with van der Waals surface area (Å²) >= 11 is 0. The van der Waals surface area contributed by atoms with Gasteiger partial charge in [-0.2, -0.15) is 0 Å². The van der Waals surface area contributed by atoms with Crippen LogP contribution in [0.4, 0.5) is 4.39 Å². The highest BCUT2D eigenvalue weighted by molar-refractivity contribution is 5.26. The van der Waals surface area contributed by atoms with Gasteiger partial charge in [-0.1, -0.05) is 12.1 Å². The Bertz CT molecular complexity index is 336. The molecule has 4 heteroatoms. The third-order valence-electron chi connectivity index (χ3n) is 3.30. The monoisotopic (exact) mass is 255 g/mol. The number of ether oxygens (including phenoxy) is 1. The van der Waals surface area contributed by atoms with Crippen LogP contribution in [0.1, 0.15) is 25.3 Å². The first-order chi connectivity index (χ1) is 8.68. The zero-order valence-corrected chi connectivity index (χ0v) is 10.9. The van der Waals surface area contributed by atoms with Crippen LogP contribution in [0.2, 0.25) is 0 Å². The highest BCUT2D eigenvalue weighted by Crippen LogP contribution is 2.28. The maximum absolute atomic E-state index is 12.9. The van der Waals surface area contributed by atoms with Crippen LogP contribution in [0.5, 0.6) is 0 Å². The Labute approximate surface area is 108 Å². The standard InChI is InChI=1S/C14H22FNO2/c1-2-18-9-3-8-14(10-16,11-17)12-4-6-13(15)7-5-12/h4-7,17H,2-3,8-11,16H2,1H3. The number of halogens is 1. The lowest BCUT2D eigenvalue weighted by Gasteiger charge is -2.31. The Balaban J connectivity index is 2.75. The average Bonchev–Trinajstić information content (AvgIpc) is 2.41. The smallest absolute Gasteiger partial charge is 0.123 e. The van der Waals surface area contributed by atoms with Crippen LogP contribution in [-0.2, 0) is 10.2 Å². The van der Waals surface area contributed by atoms with Crippen molar-refractivity contribution in [2.45, 2.75) is 25.2 Å². The van der Waals surface area contributed by atoms with Gasteiger partial charge in [-0.25, -0.2) is 4.39 Å². The second-order valence-corrected chi connectivity index (χ2v) is 4.45. The van der Waals surface area contributed by atoms with E-state index in [0.717, 1.165) is 18.4 Å². The molecule has 1 atom stereocenters. The van der Waals surface area contributed by atoms with Crippen LogP contribution >= 0.6 is 0 Å². The lowest BCUT2D eigenvalue weighted by molar-refractivity contribution is 0.125. The Morgan fingerprint density at radius 1 is 1.33 bits per heavy atom. The van der Waals surface area contributed by atoms with E-state index in [1.807, 2.05) is 6.92 Å². The Hall–Kier alpha value is -0.970. The number of nitrogens with two attached hydrogens (primary N) is 1. The lowest BCUT2D eigenvalue weighted by atomic mass is 9.77. The molecule has 3 N–H and O–H groups in total. The Kier molecular flexibility index (Phi) is 6.25. The van der Waals surface area contributed by atoms with Crippen molar-refractivity contribution in [2.75, 3.05) is 26.4 Å². The third kappa shape index (κ3) is 3.77. The maximum atomic E-state index is 12.9. The summed E-state index contributed by atoms with van der Waals surface area (Å²) < 4.78 is 18.2. The molecule has 0 radical (unpaired) electrons. The van der Waals surface area contributed by atoms with Gasteiger partial charge in [0.05, 0.1) is 6.61 Å². The van der Waals surface area contributed by atoms with Gasteiger partial charge >= 0.3 is 0 Å². The Morgan fingerprint density at radius 2 is 2.00 bits per heavy atom. The lowest BCUT2D eigenvalue weighted by Crippen LogP contribution is -2.39. The number of rotatable bonds is 8. The van der Waals surface area contributed by atoms with Crippen LogP contribution in [0.3, 0.4) is 0 Å². The second-order valence-electron chi connectivity index (χ2n) is 4.45. The topological polar surface area (TPSA) is 55.5 Å². The molecule has 1 rings (SSSR count). The fourth-order valence-electron chi connectivity index (χ4n) is 2.06. The summed E-state index contributed by atoms with van der Waals surface area (Å²) in [5.74, 6) is -0.281. The molecule has 0 amide bonds. The summed E-state index contributed by atoms with van der Waals surface area (Å²) in [6.07, 6.45) is 1.55. The molecular weight excluding hydrogens is 233 g/mol. The van der Waals surface area contributed by atoms with E-state index < -0.39 is 5.41 Å². The largest absolute Gasteiger partial charge is 0.395 e. The van der Waals surface area contributed by atoms with Crippen molar-refractivity contribution >= 4 is 0 Å². The first-order valence-electron chi connectivity index (χ1n) is 6.33. The van der Waals surface area contributed by atoms with Crippen LogP contribution in [-0.4, -0.2) is 31.5 Å². The van der Waals surface area contributed by atoms with E-state index in [2.05, 4.69) is 0 Å². The first-order valence-corrected chi connectivity index (χ1v) is 6.33. The first kappa shape index (κ1) is 15.1. The van der Waals surface area contributed by atoms with Crippen molar-refractivity contribution in [1.82, 2.24) is 0 Å². The van der Waals surface area contributed by atoms with Gasteiger partial charge in [-0.05, 0) is 37.5 Å². The maximum Gasteiger partial charge on any atom is 0.123 e. The quantitative estimate of drug-likeness (QED) is 0.697. The molecule has 0 fully saturated rings. The second kappa shape index (κ2) is 7.46. The van der Waals surface area contributed by atoms with Crippen molar-refractivity contribution in [1.29, 1.82) is 0 Å². The van der Waals surface area contributed by atoms with Crippen molar-refractivity contribution in [3.8, 4) is 0 Å². The molecule has 0 saturated heterocycles. The molecule has 0 aliphatic carbocycles. The highest BCUT2D eigenvalue weighted by Gasteiger charge is 2.29. The van der Waals surface area contributed by atoms with E-state index >= 15 is 0 Å². The number of aliphatic hydroxyl groups excluding tert-OH is 1. The molecule has 0 aliphatic rings. The summed E-state index contributed by atoms with van der Waals surface area (Å²) in [6, 6.07) is 6.19. The van der Waals surface area contributed by atoms with Crippen molar-refractivity contribution in [3.05, 3.63) is 35.6 Å². The van der Waals surface area contributed by atoms with Gasteiger partial charge in [0.25, 0.3) is 0 Å². The van der Waals surface area contributed by atoms with Gasteiger partial charge in [-0.15, -0.1) is 0 Å². The third-order valence-corrected chi connectivity index (χ3v) is 3.30. The van der Waals surface area contributed by atoms with Crippen molar-refractivity contribution in [3.63, 3.8) is 0 Å². The number of hydrogen-bond acceptors (Lipinski definition) is 3. The molecule has 1 unspecified atom stereocenters. The molecule has 1 aromatic carbocycles. The molecule has 0 aliphatic heterocycles. The predicted octanol–water partition coefficient (Wildman–Crippen LogP) is 1.83. The van der Waals surface area contributed by atoms with Crippen LogP contribution < -0.4 is 5.73 Å². The fraction of sp³-hybridized carbons (Fsp3) is 0.571. The molecule has 0 heterocycles. The van der Waals surface area contributed by atoms with Gasteiger partial charge in [0.15, 0.2) is 0 Å². The van der Waals surface area contributed by atoms with E-state index in [4.69, 9.17) is 10.5 Å². The van der Waals surface area contributed by atoms with E-state index in [1.54, 1.807) is 12.1 Å². The number of benzene rings is 1. The van der Waals surface area contributed by atoms with Crippen molar-refractivity contribution < 1.29 is 14.2 Å². The fourth-order valence-corrected chi connectivity index (χ4v) is 2.06. The van der Waals surface area contributed by atoms with Gasteiger partial charge in [0.2, 0.25) is 0 Å². The molecule has 18 heavy (non-hydrogen) atoms. The minimum absolute atomic E-state index is 0.0404. The molecular formula is C14H22FNO2. The number of aliphatic hydroxyl groups is 1. The Morgan fingerprint density at radius 3 is 2.50 bits per heavy atom. The van der Waals surface area contributed by atoms with E-state index in [-0.39, 0.29) is 12.4 Å². The van der Waals surface area contributed by atoms with Gasteiger partial charge in [0.1, 0.15) is 5.82 Å². The highest BCUT2D eigenvalue weighted by atomic mass is 19.1. The summed E-state index contributed by atoms with van der Waals surface area (Å²) in [6.45, 7) is 3.58. The minimum atomic E-state index is -0.495. The summed E-state index contributed by atoms with van der Waals surface area (Å²) in [5, 5.41) is 9.64. The normalized spacial score (nSPS) is 14.4. The molecule has 102 valence electrons. The zero-order valence-electron chi connectivity index (χ0n) is 10.9. The van der Waals surface area contributed by atoms with E-state index in [9.17, 15) is 9.50 Å². The molecule has 3 nitrogen and oxygen atoms in total. The van der Waals surface area contributed by atoms with E-state index in [0.29, 0.717) is 19.8 Å². The molecule has 0 bridgehead atoms. The van der Waals surface area contributed by atoms with Gasteiger partial charge in [-0.3, -0.25) is 0 Å². The van der Waals surface area contributed by atoms with Gasteiger partial charge in [0, 0.05) is 25.2 Å². The van der Waals surface area contributed by atoms with E-state index in [1.165, 1.54) is 12.1 Å². The van der Waals surface area contributed by atoms with Crippen LogP contribution in [0.25, 0.3) is 0 Å². The summed E-state index contributed by atoms with van der Waals surface area (Å²) in [7, 11) is 0. The summed E-state index contributed by atoms with van der Waals surface area (Å²) in [5.41, 5.74) is 6.19. The molecule has 0 saturated carbocycles. The average molecular weight is 255 g/mol. The predicted molar refractivity (Wildman–Crippen MR) is 69.9 cm³/mol. The van der Waals surface area contributed by atoms with Crippen LogP contribution in [0.15, 0.2) is 24.3 Å². The zero-order chi connectivity index (χ0) is 13.4. The molecule has 0 spiro atoms. The minimum Gasteiger partial charge on any atom is -0.395 e. The SMILES string of the molecule is CCOCCCC(CN)(CO)c1ccc(F)cc1. The molecule has 0 aromatic heterocycles. The molecule has 1 aromatic rings. The number of hydrogen-bond donors (Lipinski definition) is 2. The summed E-state index contributed by atoms with van der Waals surface area (Å²) in [4.78, 5) is 0. The van der Waals surface area contributed by atoms with Crippen LogP contribution in [0, 0.1) is 5.82 Å². The van der Waals surface area contributed by atoms with Crippen molar-refractivity contribution in [2.24, 2.45) is 5.73 Å².